The predicted octanol–water partition coefficient (Wildman–Crippen LogP) is 5.45. The molecule has 0 bridgehead atoms. The number of fused-ring (bicyclic) bond motifs is 1. The minimum Gasteiger partial charge on any atom is -0.396 e. The van der Waals surface area contributed by atoms with Gasteiger partial charge in [-0.2, -0.15) is 26.3 Å². The number of rotatable bonds is 7. The second kappa shape index (κ2) is 10.1. The predicted molar refractivity (Wildman–Crippen MR) is 120 cm³/mol. The van der Waals surface area contributed by atoms with Crippen molar-refractivity contribution in [1.29, 1.82) is 0 Å². The molecule has 3 rings (SSSR count). The van der Waals surface area contributed by atoms with E-state index in [2.05, 4.69) is 5.16 Å². The summed E-state index contributed by atoms with van der Waals surface area (Å²) in [5.41, 5.74) is -6.56. The second-order valence-electron chi connectivity index (χ2n) is 8.45. The first-order chi connectivity index (χ1) is 17.0. The van der Waals surface area contributed by atoms with Gasteiger partial charge in [-0.3, -0.25) is 4.31 Å². The fourth-order valence-corrected chi connectivity index (χ4v) is 5.85. The molecule has 37 heavy (non-hydrogen) atoms. The van der Waals surface area contributed by atoms with Gasteiger partial charge >= 0.3 is 12.4 Å². The molecular formula is C23H23F7N2O4S. The molecule has 204 valence electrons. The van der Waals surface area contributed by atoms with E-state index in [1.54, 1.807) is 13.8 Å². The Bertz CT molecular complexity index is 1250. The molecule has 1 aliphatic heterocycles. The van der Waals surface area contributed by atoms with Crippen LogP contribution in [0.25, 0.3) is 0 Å². The number of halogens is 7. The van der Waals surface area contributed by atoms with Gasteiger partial charge in [0.25, 0.3) is 15.6 Å². The van der Waals surface area contributed by atoms with E-state index in [0.717, 1.165) is 34.6 Å². The molecule has 1 N–H and O–H groups in total. The summed E-state index contributed by atoms with van der Waals surface area (Å²) in [6, 6.07) is 4.69. The lowest BCUT2D eigenvalue weighted by Gasteiger charge is -2.39. The van der Waals surface area contributed by atoms with Crippen LogP contribution in [0.5, 0.6) is 0 Å². The van der Waals surface area contributed by atoms with E-state index in [1.165, 1.54) is 0 Å². The van der Waals surface area contributed by atoms with Crippen molar-refractivity contribution in [2.45, 2.75) is 62.0 Å². The maximum Gasteiger partial charge on any atom is 0.430 e. The van der Waals surface area contributed by atoms with Crippen LogP contribution in [0.15, 0.2) is 52.5 Å². The Kier molecular flexibility index (Phi) is 7.85. The van der Waals surface area contributed by atoms with Crippen LogP contribution in [0.2, 0.25) is 0 Å². The molecule has 0 fully saturated rings. The van der Waals surface area contributed by atoms with Gasteiger partial charge in [0, 0.05) is 12.0 Å². The van der Waals surface area contributed by atoms with Crippen LogP contribution < -0.4 is 4.31 Å². The number of alkyl halides is 6. The molecule has 0 radical (unpaired) electrons. The maximum absolute atomic E-state index is 13.6. The molecule has 0 amide bonds. The van der Waals surface area contributed by atoms with Gasteiger partial charge in [-0.05, 0) is 62.6 Å². The van der Waals surface area contributed by atoms with Crippen molar-refractivity contribution in [2.75, 3.05) is 10.9 Å². The molecule has 14 heteroatoms. The normalized spacial score (nSPS) is 17.5. The number of oxime groups is 1. The number of nitrogens with zero attached hydrogens (tertiary/aromatic N) is 2. The number of anilines is 1. The maximum atomic E-state index is 13.6. The van der Waals surface area contributed by atoms with E-state index in [-0.39, 0.29) is 42.0 Å². The molecule has 2 aromatic rings. The third-order valence-electron chi connectivity index (χ3n) is 5.88. The summed E-state index contributed by atoms with van der Waals surface area (Å²) in [6.45, 7) is 3.50. The van der Waals surface area contributed by atoms with E-state index >= 15 is 0 Å². The molecule has 1 atom stereocenters. The Balaban J connectivity index is 2.18. The van der Waals surface area contributed by atoms with Gasteiger partial charge in [-0.25, -0.2) is 12.8 Å². The van der Waals surface area contributed by atoms with Gasteiger partial charge in [0.1, 0.15) is 12.4 Å². The van der Waals surface area contributed by atoms with Crippen molar-refractivity contribution >= 4 is 21.4 Å². The van der Waals surface area contributed by atoms with Gasteiger partial charge < -0.3 is 9.94 Å². The van der Waals surface area contributed by atoms with Crippen molar-refractivity contribution < 1.29 is 49.1 Å². The van der Waals surface area contributed by atoms with Gasteiger partial charge in [0.05, 0.1) is 22.3 Å². The topological polar surface area (TPSA) is 79.2 Å². The highest BCUT2D eigenvalue weighted by Gasteiger charge is 2.71. The SMILES string of the molecule is CCO/N=C(/C)C[C@@H]1CCc2cc(C(O)(C(F)(F)F)C(F)(F)F)ccc2N1S(=O)(=O)c1ccc(F)cc1. The molecule has 0 aliphatic carbocycles. The summed E-state index contributed by atoms with van der Waals surface area (Å²) in [7, 11) is -4.45. The molecule has 1 aliphatic rings. The van der Waals surface area contributed by atoms with Crippen LogP contribution in [0, 0.1) is 5.82 Å². The highest BCUT2D eigenvalue weighted by atomic mass is 32.2. The van der Waals surface area contributed by atoms with Crippen LogP contribution >= 0.6 is 0 Å². The molecule has 2 aromatic carbocycles. The van der Waals surface area contributed by atoms with Crippen LogP contribution in [0.3, 0.4) is 0 Å². The van der Waals surface area contributed by atoms with E-state index < -0.39 is 45.4 Å². The molecule has 0 spiro atoms. The number of aliphatic hydroxyl groups is 1. The van der Waals surface area contributed by atoms with Gasteiger partial charge in [-0.1, -0.05) is 17.3 Å². The lowest BCUT2D eigenvalue weighted by Crippen LogP contribution is -2.54. The van der Waals surface area contributed by atoms with E-state index in [1.807, 2.05) is 0 Å². The molecule has 0 unspecified atom stereocenters. The number of hydrogen-bond acceptors (Lipinski definition) is 5. The average molecular weight is 557 g/mol. The summed E-state index contributed by atoms with van der Waals surface area (Å²) in [5.74, 6) is -0.711. The Morgan fingerprint density at radius 1 is 1.08 bits per heavy atom. The van der Waals surface area contributed by atoms with Crippen LogP contribution in [0.1, 0.15) is 37.8 Å². The number of hydrogen-bond donors (Lipinski definition) is 1. The molecule has 0 saturated carbocycles. The zero-order chi connectivity index (χ0) is 27.8. The minimum absolute atomic E-state index is 0.00628. The number of sulfonamides is 1. The first-order valence-electron chi connectivity index (χ1n) is 11.0. The second-order valence-corrected chi connectivity index (χ2v) is 10.3. The van der Waals surface area contributed by atoms with Crippen molar-refractivity contribution in [3.63, 3.8) is 0 Å². The fourth-order valence-electron chi connectivity index (χ4n) is 4.13. The van der Waals surface area contributed by atoms with Crippen molar-refractivity contribution in [3.8, 4) is 0 Å². The van der Waals surface area contributed by atoms with Gasteiger partial charge in [0.2, 0.25) is 0 Å². The largest absolute Gasteiger partial charge is 0.430 e. The smallest absolute Gasteiger partial charge is 0.396 e. The molecule has 0 aromatic heterocycles. The minimum atomic E-state index is -6.09. The molecular weight excluding hydrogens is 533 g/mol. The lowest BCUT2D eigenvalue weighted by atomic mass is 9.87. The fraction of sp³-hybridized carbons (Fsp3) is 0.435. The van der Waals surface area contributed by atoms with Crippen LogP contribution in [0.4, 0.5) is 36.4 Å². The summed E-state index contributed by atoms with van der Waals surface area (Å²) in [4.78, 5) is 4.64. The number of benzene rings is 2. The first-order valence-corrected chi connectivity index (χ1v) is 12.4. The Hall–Kier alpha value is -2.87. The van der Waals surface area contributed by atoms with E-state index in [9.17, 15) is 44.3 Å². The highest BCUT2D eigenvalue weighted by Crippen LogP contribution is 2.51. The summed E-state index contributed by atoms with van der Waals surface area (Å²) in [5, 5.41) is 13.6. The molecule has 1 heterocycles. The third kappa shape index (κ3) is 5.40. The van der Waals surface area contributed by atoms with Crippen molar-refractivity contribution in [1.82, 2.24) is 0 Å². The highest BCUT2D eigenvalue weighted by molar-refractivity contribution is 7.92. The molecule has 0 saturated heterocycles. The van der Waals surface area contributed by atoms with Crippen molar-refractivity contribution in [3.05, 3.63) is 59.4 Å². The quantitative estimate of drug-likeness (QED) is 0.280. The first kappa shape index (κ1) is 28.7. The summed E-state index contributed by atoms with van der Waals surface area (Å²) in [6.07, 6.45) is -12.2. The zero-order valence-corrected chi connectivity index (χ0v) is 20.4. The van der Waals surface area contributed by atoms with Gasteiger partial charge in [0.15, 0.2) is 0 Å². The van der Waals surface area contributed by atoms with Crippen molar-refractivity contribution in [2.24, 2.45) is 5.16 Å². The Morgan fingerprint density at radius 2 is 1.68 bits per heavy atom. The van der Waals surface area contributed by atoms with Crippen LogP contribution in [-0.2, 0) is 26.9 Å². The Labute approximate surface area is 208 Å². The van der Waals surface area contributed by atoms with E-state index in [0.29, 0.717) is 17.8 Å². The summed E-state index contributed by atoms with van der Waals surface area (Å²) < 4.78 is 122. The van der Waals surface area contributed by atoms with Crippen LogP contribution in [-0.4, -0.2) is 44.2 Å². The van der Waals surface area contributed by atoms with E-state index in [4.69, 9.17) is 4.84 Å². The summed E-state index contributed by atoms with van der Waals surface area (Å²) >= 11 is 0. The standard InChI is InChI=1S/C23H23F7N2O4S/c1-3-36-31-14(2)12-18-8-4-15-13-16(21(33,22(25,26)27)23(28,29)30)5-11-20(15)32(18)37(34,35)19-9-6-17(24)7-10-19/h5-7,9-11,13,18,33H,3-4,8,12H2,1-2H3/b31-14-/t18-/m0/s1. The Morgan fingerprint density at radius 3 is 2.22 bits per heavy atom. The monoisotopic (exact) mass is 556 g/mol. The van der Waals surface area contributed by atoms with Gasteiger partial charge in [-0.15, -0.1) is 0 Å². The lowest BCUT2D eigenvalue weighted by molar-refractivity contribution is -0.376. The number of aryl methyl sites for hydroxylation is 1. The molecule has 6 nitrogen and oxygen atoms in total. The zero-order valence-electron chi connectivity index (χ0n) is 19.6. The third-order valence-corrected chi connectivity index (χ3v) is 7.77. The average Bonchev–Trinajstić information content (AvgIpc) is 2.80.